The molecule has 0 radical (unpaired) electrons. The Morgan fingerprint density at radius 1 is 1.33 bits per heavy atom. The molecule has 0 spiro atoms. The van der Waals surface area contributed by atoms with Gasteiger partial charge in [-0.15, -0.1) is 6.58 Å². The van der Waals surface area contributed by atoms with Crippen molar-refractivity contribution in [2.24, 2.45) is 0 Å². The third-order valence-electron chi connectivity index (χ3n) is 2.33. The van der Waals surface area contributed by atoms with Crippen LogP contribution in [0.2, 0.25) is 0 Å². The lowest BCUT2D eigenvalue weighted by molar-refractivity contribution is 0.140. The second kappa shape index (κ2) is 8.34. The summed E-state index contributed by atoms with van der Waals surface area (Å²) in [4.78, 5) is 0. The largest absolute Gasteiger partial charge is 0.380 e. The van der Waals surface area contributed by atoms with Gasteiger partial charge in [0, 0.05) is 18.7 Å². The van der Waals surface area contributed by atoms with Crippen molar-refractivity contribution in [1.29, 1.82) is 0 Å². The maximum absolute atomic E-state index is 13.6. The first kappa shape index (κ1) is 15.3. The van der Waals surface area contributed by atoms with Crippen LogP contribution in [0.15, 0.2) is 29.3 Å². The van der Waals surface area contributed by atoms with Gasteiger partial charge in [0.1, 0.15) is 11.6 Å². The second-order valence-corrected chi connectivity index (χ2v) is 4.54. The molecule has 0 fully saturated rings. The average molecular weight is 320 g/mol. The smallest absolute Gasteiger partial charge is 0.144 e. The van der Waals surface area contributed by atoms with Crippen LogP contribution >= 0.6 is 15.9 Å². The Bertz CT molecular complexity index is 399. The van der Waals surface area contributed by atoms with Crippen LogP contribution in [-0.2, 0) is 11.3 Å². The number of ether oxygens (including phenoxy) is 1. The summed E-state index contributed by atoms with van der Waals surface area (Å²) < 4.78 is 32.5. The average Bonchev–Trinajstić information content (AvgIpc) is 2.36. The Hall–Kier alpha value is -0.780. The third-order valence-corrected chi connectivity index (χ3v) is 2.94. The molecule has 0 bridgehead atoms. The van der Waals surface area contributed by atoms with Gasteiger partial charge in [-0.25, -0.2) is 8.78 Å². The molecule has 1 rings (SSSR count). The fourth-order valence-electron chi connectivity index (χ4n) is 1.36. The van der Waals surface area contributed by atoms with Gasteiger partial charge < -0.3 is 10.1 Å². The Balaban J connectivity index is 2.31. The molecule has 0 heterocycles. The standard InChI is InChI=1S/C13H16BrF2NO/c1-2-3-7-18-8-6-17-9-10-12(15)5-4-11(14)13(10)16/h2,4-5,17H,1,3,6-9H2. The van der Waals surface area contributed by atoms with Crippen LogP contribution in [0.25, 0.3) is 0 Å². The monoisotopic (exact) mass is 319 g/mol. The lowest BCUT2D eigenvalue weighted by atomic mass is 10.2. The van der Waals surface area contributed by atoms with E-state index in [9.17, 15) is 8.78 Å². The molecule has 100 valence electrons. The van der Waals surface area contributed by atoms with E-state index in [1.165, 1.54) is 12.1 Å². The van der Waals surface area contributed by atoms with Crippen LogP contribution in [0.4, 0.5) is 8.78 Å². The highest BCUT2D eigenvalue weighted by Gasteiger charge is 2.11. The van der Waals surface area contributed by atoms with Gasteiger partial charge >= 0.3 is 0 Å². The van der Waals surface area contributed by atoms with Crippen molar-refractivity contribution >= 4 is 15.9 Å². The molecule has 0 amide bonds. The summed E-state index contributed by atoms with van der Waals surface area (Å²) in [7, 11) is 0. The van der Waals surface area contributed by atoms with Gasteiger partial charge in [-0.2, -0.15) is 0 Å². The molecule has 2 nitrogen and oxygen atoms in total. The fraction of sp³-hybridized carbons (Fsp3) is 0.385. The number of nitrogens with one attached hydrogen (secondary N) is 1. The molecule has 0 aliphatic carbocycles. The van der Waals surface area contributed by atoms with E-state index in [4.69, 9.17) is 4.74 Å². The molecule has 0 saturated heterocycles. The van der Waals surface area contributed by atoms with Gasteiger partial charge in [-0.1, -0.05) is 6.08 Å². The SMILES string of the molecule is C=CCCOCCNCc1c(F)ccc(Br)c1F. The molecule has 1 aromatic carbocycles. The summed E-state index contributed by atoms with van der Waals surface area (Å²) in [5.41, 5.74) is 0.0375. The molecule has 0 atom stereocenters. The third kappa shape index (κ3) is 4.84. The number of benzene rings is 1. The zero-order valence-electron chi connectivity index (χ0n) is 10.0. The molecule has 5 heteroatoms. The zero-order chi connectivity index (χ0) is 13.4. The molecular weight excluding hydrogens is 304 g/mol. The summed E-state index contributed by atoms with van der Waals surface area (Å²) in [5.74, 6) is -1.11. The minimum absolute atomic E-state index is 0.0375. The molecule has 18 heavy (non-hydrogen) atoms. The van der Waals surface area contributed by atoms with Crippen LogP contribution in [0, 0.1) is 11.6 Å². The van der Waals surface area contributed by atoms with Gasteiger partial charge in [0.05, 0.1) is 17.7 Å². The topological polar surface area (TPSA) is 21.3 Å². The Morgan fingerprint density at radius 2 is 2.11 bits per heavy atom. The summed E-state index contributed by atoms with van der Waals surface area (Å²) >= 11 is 3.03. The van der Waals surface area contributed by atoms with E-state index >= 15 is 0 Å². The van der Waals surface area contributed by atoms with Crippen molar-refractivity contribution in [2.75, 3.05) is 19.8 Å². The molecular formula is C13H16BrF2NO. The first-order valence-electron chi connectivity index (χ1n) is 5.68. The Morgan fingerprint density at radius 3 is 2.83 bits per heavy atom. The van der Waals surface area contributed by atoms with Gasteiger partial charge in [0.2, 0.25) is 0 Å². The molecule has 0 aromatic heterocycles. The number of hydrogen-bond donors (Lipinski definition) is 1. The molecule has 0 aliphatic rings. The highest BCUT2D eigenvalue weighted by molar-refractivity contribution is 9.10. The van der Waals surface area contributed by atoms with Crippen molar-refractivity contribution in [3.8, 4) is 0 Å². The highest BCUT2D eigenvalue weighted by Crippen LogP contribution is 2.21. The van der Waals surface area contributed by atoms with Gasteiger partial charge in [-0.05, 0) is 34.5 Å². The van der Waals surface area contributed by atoms with Crippen molar-refractivity contribution in [1.82, 2.24) is 5.32 Å². The number of rotatable bonds is 8. The second-order valence-electron chi connectivity index (χ2n) is 3.69. The highest BCUT2D eigenvalue weighted by atomic mass is 79.9. The van der Waals surface area contributed by atoms with Crippen LogP contribution in [-0.4, -0.2) is 19.8 Å². The first-order valence-corrected chi connectivity index (χ1v) is 6.48. The van der Waals surface area contributed by atoms with Crippen molar-refractivity contribution in [2.45, 2.75) is 13.0 Å². The lowest BCUT2D eigenvalue weighted by Crippen LogP contribution is -2.21. The normalized spacial score (nSPS) is 10.6. The van der Waals surface area contributed by atoms with E-state index in [-0.39, 0.29) is 16.6 Å². The summed E-state index contributed by atoms with van der Waals surface area (Å²) in [6.07, 6.45) is 2.58. The Labute approximate surface area is 114 Å². The minimum atomic E-state index is -0.560. The predicted molar refractivity (Wildman–Crippen MR) is 71.4 cm³/mol. The van der Waals surface area contributed by atoms with Crippen LogP contribution in [0.3, 0.4) is 0 Å². The van der Waals surface area contributed by atoms with Crippen LogP contribution < -0.4 is 5.32 Å². The van der Waals surface area contributed by atoms with E-state index < -0.39 is 11.6 Å². The molecule has 0 unspecified atom stereocenters. The van der Waals surface area contributed by atoms with Gasteiger partial charge in [0.25, 0.3) is 0 Å². The number of hydrogen-bond acceptors (Lipinski definition) is 2. The number of halogens is 3. The fourth-order valence-corrected chi connectivity index (χ4v) is 1.73. The van der Waals surface area contributed by atoms with Crippen molar-refractivity contribution in [3.05, 3.63) is 46.5 Å². The lowest BCUT2D eigenvalue weighted by Gasteiger charge is -2.08. The van der Waals surface area contributed by atoms with E-state index in [1.54, 1.807) is 6.08 Å². The maximum atomic E-state index is 13.6. The van der Waals surface area contributed by atoms with Crippen LogP contribution in [0.5, 0.6) is 0 Å². The molecule has 1 aromatic rings. The van der Waals surface area contributed by atoms with Crippen molar-refractivity contribution < 1.29 is 13.5 Å². The predicted octanol–water partition coefficient (Wildman–Crippen LogP) is 3.41. The van der Waals surface area contributed by atoms with E-state index in [2.05, 4.69) is 27.8 Å². The van der Waals surface area contributed by atoms with E-state index in [1.807, 2.05) is 0 Å². The summed E-state index contributed by atoms with van der Waals surface area (Å²) in [6.45, 7) is 5.38. The van der Waals surface area contributed by atoms with Crippen LogP contribution in [0.1, 0.15) is 12.0 Å². The van der Waals surface area contributed by atoms with Gasteiger partial charge in [0.15, 0.2) is 0 Å². The molecule has 0 saturated carbocycles. The zero-order valence-corrected chi connectivity index (χ0v) is 11.6. The maximum Gasteiger partial charge on any atom is 0.144 e. The van der Waals surface area contributed by atoms with Crippen molar-refractivity contribution in [3.63, 3.8) is 0 Å². The summed E-state index contributed by atoms with van der Waals surface area (Å²) in [5, 5.41) is 2.94. The van der Waals surface area contributed by atoms with E-state index in [0.29, 0.717) is 19.8 Å². The quantitative estimate of drug-likeness (QED) is 0.450. The first-order chi connectivity index (χ1) is 8.66. The Kier molecular flexibility index (Phi) is 7.08. The molecule has 0 aliphatic heterocycles. The minimum Gasteiger partial charge on any atom is -0.380 e. The summed E-state index contributed by atoms with van der Waals surface area (Å²) in [6, 6.07) is 2.59. The molecule has 1 N–H and O–H groups in total. The van der Waals surface area contributed by atoms with E-state index in [0.717, 1.165) is 6.42 Å². The van der Waals surface area contributed by atoms with Gasteiger partial charge in [-0.3, -0.25) is 0 Å².